The Hall–Kier alpha value is -4.33. The van der Waals surface area contributed by atoms with Gasteiger partial charge in [0.05, 0.1) is 25.6 Å². The normalized spacial score (nSPS) is 10.1. The molecule has 0 heterocycles. The second kappa shape index (κ2) is 10.6. The number of carbonyl (C=O) groups excluding carboxylic acids is 3. The fourth-order valence-electron chi connectivity index (χ4n) is 2.81. The molecule has 0 atom stereocenters. The minimum atomic E-state index is -0.565. The molecule has 164 valence electrons. The molecule has 0 saturated heterocycles. The number of rotatable bonds is 8. The highest BCUT2D eigenvalue weighted by Gasteiger charge is 2.15. The van der Waals surface area contributed by atoms with E-state index < -0.39 is 11.9 Å². The molecular weight excluding hydrogens is 412 g/mol. The maximum Gasteiger partial charge on any atom is 0.343 e. The van der Waals surface area contributed by atoms with Crippen LogP contribution in [0.4, 0.5) is 11.4 Å². The quantitative estimate of drug-likeness (QED) is 0.524. The first-order valence-corrected chi connectivity index (χ1v) is 9.66. The molecule has 8 nitrogen and oxygen atoms in total. The zero-order valence-electron chi connectivity index (χ0n) is 17.6. The number of nitrogens with one attached hydrogen (secondary N) is 2. The van der Waals surface area contributed by atoms with Gasteiger partial charge in [0.2, 0.25) is 0 Å². The molecule has 0 aliphatic heterocycles. The van der Waals surface area contributed by atoms with E-state index in [1.54, 1.807) is 60.7 Å². The topological polar surface area (TPSA) is 103 Å². The van der Waals surface area contributed by atoms with Gasteiger partial charge in [-0.1, -0.05) is 30.3 Å². The van der Waals surface area contributed by atoms with Crippen molar-refractivity contribution in [1.29, 1.82) is 0 Å². The van der Waals surface area contributed by atoms with E-state index in [9.17, 15) is 14.4 Å². The maximum absolute atomic E-state index is 12.9. The van der Waals surface area contributed by atoms with Crippen LogP contribution in [0.25, 0.3) is 0 Å². The van der Waals surface area contributed by atoms with Crippen molar-refractivity contribution in [1.82, 2.24) is 0 Å². The van der Waals surface area contributed by atoms with Gasteiger partial charge in [-0.2, -0.15) is 0 Å². The van der Waals surface area contributed by atoms with Crippen LogP contribution in [0.3, 0.4) is 0 Å². The van der Waals surface area contributed by atoms with Crippen LogP contribution in [0.2, 0.25) is 0 Å². The molecule has 0 saturated carbocycles. The van der Waals surface area contributed by atoms with E-state index in [1.807, 2.05) is 6.07 Å². The molecular formula is C24H22N2O6. The van der Waals surface area contributed by atoms with Crippen LogP contribution in [0, 0.1) is 0 Å². The predicted octanol–water partition coefficient (Wildman–Crippen LogP) is 3.75. The molecule has 2 amide bonds. The van der Waals surface area contributed by atoms with E-state index in [2.05, 4.69) is 15.4 Å². The standard InChI is InChI=1S/C24H22N2O6/c1-30-20-13-12-17(14-21(20)32-15-22(27)31-2)24(29)26-19-11-7-6-10-18(19)25-23(28)16-8-4-3-5-9-16/h3-14H,15H2,1-2H3,(H,25,28)(H,26,29). The number of methoxy groups -OCH3 is 2. The van der Waals surface area contributed by atoms with Crippen molar-refractivity contribution in [3.8, 4) is 11.5 Å². The number of anilines is 2. The van der Waals surface area contributed by atoms with Crippen molar-refractivity contribution >= 4 is 29.2 Å². The molecule has 0 radical (unpaired) electrons. The summed E-state index contributed by atoms with van der Waals surface area (Å²) in [6, 6.07) is 20.2. The number of hydrogen-bond acceptors (Lipinski definition) is 6. The largest absolute Gasteiger partial charge is 0.493 e. The van der Waals surface area contributed by atoms with Gasteiger partial charge in [0.1, 0.15) is 0 Å². The molecule has 3 aromatic carbocycles. The van der Waals surface area contributed by atoms with Crippen molar-refractivity contribution in [3.63, 3.8) is 0 Å². The van der Waals surface area contributed by atoms with Gasteiger partial charge in [0, 0.05) is 11.1 Å². The zero-order chi connectivity index (χ0) is 22.9. The van der Waals surface area contributed by atoms with Crippen LogP contribution >= 0.6 is 0 Å². The molecule has 32 heavy (non-hydrogen) atoms. The fourth-order valence-corrected chi connectivity index (χ4v) is 2.81. The number of carbonyl (C=O) groups is 3. The summed E-state index contributed by atoms with van der Waals surface area (Å²) in [7, 11) is 2.70. The minimum absolute atomic E-state index is 0.219. The summed E-state index contributed by atoms with van der Waals surface area (Å²) in [5.41, 5.74) is 1.64. The van der Waals surface area contributed by atoms with E-state index in [0.29, 0.717) is 22.7 Å². The monoisotopic (exact) mass is 434 g/mol. The van der Waals surface area contributed by atoms with E-state index in [-0.39, 0.29) is 23.8 Å². The van der Waals surface area contributed by atoms with Crippen molar-refractivity contribution in [2.75, 3.05) is 31.5 Å². The van der Waals surface area contributed by atoms with Gasteiger partial charge < -0.3 is 24.8 Å². The van der Waals surface area contributed by atoms with Gasteiger partial charge in [-0.05, 0) is 42.5 Å². The summed E-state index contributed by atoms with van der Waals surface area (Å²) < 4.78 is 15.2. The highest BCUT2D eigenvalue weighted by molar-refractivity contribution is 6.10. The third kappa shape index (κ3) is 5.63. The van der Waals surface area contributed by atoms with Crippen LogP contribution in [0.15, 0.2) is 72.8 Å². The Labute approximate surface area is 185 Å². The van der Waals surface area contributed by atoms with E-state index in [4.69, 9.17) is 9.47 Å². The first-order chi connectivity index (χ1) is 15.5. The lowest BCUT2D eigenvalue weighted by Crippen LogP contribution is -2.17. The Morgan fingerprint density at radius 2 is 1.31 bits per heavy atom. The maximum atomic E-state index is 12.9. The molecule has 2 N–H and O–H groups in total. The lowest BCUT2D eigenvalue weighted by Gasteiger charge is -2.14. The van der Waals surface area contributed by atoms with Crippen molar-refractivity contribution in [2.45, 2.75) is 0 Å². The van der Waals surface area contributed by atoms with Gasteiger partial charge in [-0.3, -0.25) is 9.59 Å². The highest BCUT2D eigenvalue weighted by atomic mass is 16.6. The average Bonchev–Trinajstić information content (AvgIpc) is 2.83. The second-order valence-corrected chi connectivity index (χ2v) is 6.55. The van der Waals surface area contributed by atoms with Gasteiger partial charge in [-0.15, -0.1) is 0 Å². The summed E-state index contributed by atoms with van der Waals surface area (Å²) in [5, 5.41) is 5.59. The predicted molar refractivity (Wildman–Crippen MR) is 119 cm³/mol. The summed E-state index contributed by atoms with van der Waals surface area (Å²) in [5.74, 6) is -0.714. The molecule has 3 aromatic rings. The molecule has 3 rings (SSSR count). The first-order valence-electron chi connectivity index (χ1n) is 9.66. The smallest absolute Gasteiger partial charge is 0.343 e. The van der Waals surface area contributed by atoms with Crippen LogP contribution in [-0.4, -0.2) is 38.6 Å². The van der Waals surface area contributed by atoms with Gasteiger partial charge in [0.25, 0.3) is 11.8 Å². The van der Waals surface area contributed by atoms with E-state index >= 15 is 0 Å². The van der Waals surface area contributed by atoms with Crippen LogP contribution in [0.1, 0.15) is 20.7 Å². The zero-order valence-corrected chi connectivity index (χ0v) is 17.6. The van der Waals surface area contributed by atoms with Gasteiger partial charge in [-0.25, -0.2) is 4.79 Å². The third-order valence-electron chi connectivity index (χ3n) is 4.46. The minimum Gasteiger partial charge on any atom is -0.493 e. The Morgan fingerprint density at radius 3 is 1.91 bits per heavy atom. The van der Waals surface area contributed by atoms with E-state index in [0.717, 1.165) is 0 Å². The summed E-state index contributed by atoms with van der Waals surface area (Å²) in [4.78, 5) is 36.7. The summed E-state index contributed by atoms with van der Waals surface area (Å²) >= 11 is 0. The number of ether oxygens (including phenoxy) is 3. The van der Waals surface area contributed by atoms with Crippen molar-refractivity contribution < 1.29 is 28.6 Å². The lowest BCUT2D eigenvalue weighted by atomic mass is 10.1. The number of benzene rings is 3. The molecule has 8 heteroatoms. The lowest BCUT2D eigenvalue weighted by molar-refractivity contribution is -0.142. The van der Waals surface area contributed by atoms with Crippen molar-refractivity contribution in [3.05, 3.63) is 83.9 Å². The molecule has 0 aliphatic carbocycles. The Balaban J connectivity index is 1.77. The number of para-hydroxylation sites is 2. The first kappa shape index (κ1) is 22.4. The number of hydrogen-bond donors (Lipinski definition) is 2. The Morgan fingerprint density at radius 1 is 0.719 bits per heavy atom. The SMILES string of the molecule is COC(=O)COc1cc(C(=O)Nc2ccccc2NC(=O)c2ccccc2)ccc1OC. The van der Waals surface area contributed by atoms with Gasteiger partial charge >= 0.3 is 5.97 Å². The third-order valence-corrected chi connectivity index (χ3v) is 4.46. The van der Waals surface area contributed by atoms with Gasteiger partial charge in [0.15, 0.2) is 18.1 Å². The van der Waals surface area contributed by atoms with Crippen LogP contribution < -0.4 is 20.1 Å². The van der Waals surface area contributed by atoms with Crippen LogP contribution in [-0.2, 0) is 9.53 Å². The van der Waals surface area contributed by atoms with Crippen molar-refractivity contribution in [2.24, 2.45) is 0 Å². The molecule has 0 aromatic heterocycles. The summed E-state index contributed by atoms with van der Waals surface area (Å²) in [6.45, 7) is -0.327. The molecule has 0 unspecified atom stereocenters. The second-order valence-electron chi connectivity index (χ2n) is 6.55. The fraction of sp³-hybridized carbons (Fsp3) is 0.125. The Kier molecular flexibility index (Phi) is 7.42. The molecule has 0 fully saturated rings. The molecule has 0 spiro atoms. The summed E-state index contributed by atoms with van der Waals surface area (Å²) in [6.07, 6.45) is 0. The van der Waals surface area contributed by atoms with Crippen LogP contribution in [0.5, 0.6) is 11.5 Å². The average molecular weight is 434 g/mol. The van der Waals surface area contributed by atoms with E-state index in [1.165, 1.54) is 20.3 Å². The number of esters is 1. The number of amides is 2. The molecule has 0 aliphatic rings. The molecule has 0 bridgehead atoms. The Bertz CT molecular complexity index is 1110. The highest BCUT2D eigenvalue weighted by Crippen LogP contribution is 2.29.